The van der Waals surface area contributed by atoms with Gasteiger partial charge in [0.1, 0.15) is 5.76 Å². The molecule has 1 aromatic carbocycles. The molecule has 0 atom stereocenters. The van der Waals surface area contributed by atoms with Crippen molar-refractivity contribution in [2.45, 2.75) is 13.5 Å². The predicted molar refractivity (Wildman–Crippen MR) is 99.7 cm³/mol. The van der Waals surface area contributed by atoms with Gasteiger partial charge in [0, 0.05) is 5.70 Å². The van der Waals surface area contributed by atoms with E-state index < -0.39 is 11.9 Å². The molecule has 3 rings (SSSR count). The summed E-state index contributed by atoms with van der Waals surface area (Å²) in [6.07, 6.45) is 3.12. The van der Waals surface area contributed by atoms with Gasteiger partial charge in [-0.2, -0.15) is 0 Å². The second kappa shape index (κ2) is 7.96. The predicted octanol–water partition coefficient (Wildman–Crippen LogP) is 2.94. The third kappa shape index (κ3) is 3.59. The first-order chi connectivity index (χ1) is 13.5. The van der Waals surface area contributed by atoms with Gasteiger partial charge < -0.3 is 18.8 Å². The fourth-order valence-electron chi connectivity index (χ4n) is 2.98. The summed E-state index contributed by atoms with van der Waals surface area (Å²) < 4.78 is 14.9. The minimum atomic E-state index is -0.592. The Kier molecular flexibility index (Phi) is 5.44. The number of carbonyl (C=O) groups excluding carboxylic acids is 3. The van der Waals surface area contributed by atoms with Crippen LogP contribution in [0.4, 0.5) is 0 Å². The molecule has 0 spiro atoms. The van der Waals surface area contributed by atoms with E-state index in [1.165, 1.54) is 25.4 Å². The molecule has 0 bridgehead atoms. The van der Waals surface area contributed by atoms with Gasteiger partial charge in [0.05, 0.1) is 43.7 Å². The van der Waals surface area contributed by atoms with Gasteiger partial charge in [-0.15, -0.1) is 0 Å². The average molecular weight is 381 g/mol. The average Bonchev–Trinajstić information content (AvgIpc) is 3.30. The van der Waals surface area contributed by atoms with Crippen molar-refractivity contribution in [1.82, 2.24) is 4.90 Å². The molecule has 0 fully saturated rings. The maximum absolute atomic E-state index is 13.0. The van der Waals surface area contributed by atoms with Gasteiger partial charge in [-0.1, -0.05) is 12.1 Å². The number of methoxy groups -OCH3 is 2. The smallest absolute Gasteiger partial charge is 0.340 e. The Morgan fingerprint density at radius 3 is 2.32 bits per heavy atom. The summed E-state index contributed by atoms with van der Waals surface area (Å²) in [5, 5.41) is 0. The fourth-order valence-corrected chi connectivity index (χ4v) is 2.98. The first-order valence-corrected chi connectivity index (χ1v) is 8.50. The first kappa shape index (κ1) is 19.2. The normalized spacial score (nSPS) is 15.3. The second-order valence-electron chi connectivity index (χ2n) is 6.09. The van der Waals surface area contributed by atoms with E-state index >= 15 is 0 Å². The van der Waals surface area contributed by atoms with E-state index in [4.69, 9.17) is 9.15 Å². The number of hydrogen-bond donors (Lipinski definition) is 0. The number of benzene rings is 1. The van der Waals surface area contributed by atoms with Crippen molar-refractivity contribution in [1.29, 1.82) is 0 Å². The van der Waals surface area contributed by atoms with Crippen LogP contribution in [0.2, 0.25) is 0 Å². The maximum Gasteiger partial charge on any atom is 0.340 e. The van der Waals surface area contributed by atoms with Crippen LogP contribution in [0.25, 0.3) is 6.08 Å². The molecule has 2 heterocycles. The van der Waals surface area contributed by atoms with Gasteiger partial charge in [0.2, 0.25) is 0 Å². The van der Waals surface area contributed by atoms with Crippen molar-refractivity contribution < 1.29 is 28.3 Å². The summed E-state index contributed by atoms with van der Waals surface area (Å²) in [5.74, 6) is -0.774. The lowest BCUT2D eigenvalue weighted by Crippen LogP contribution is -2.24. The molecule has 1 amide bonds. The van der Waals surface area contributed by atoms with Crippen molar-refractivity contribution in [3.63, 3.8) is 0 Å². The van der Waals surface area contributed by atoms with E-state index in [0.717, 1.165) is 0 Å². The first-order valence-electron chi connectivity index (χ1n) is 8.50. The Morgan fingerprint density at radius 2 is 1.75 bits per heavy atom. The number of esters is 2. The van der Waals surface area contributed by atoms with Gasteiger partial charge in [0.25, 0.3) is 5.91 Å². The molecule has 0 unspecified atom stereocenters. The van der Waals surface area contributed by atoms with Crippen LogP contribution in [0.5, 0.6) is 0 Å². The molecule has 144 valence electrons. The highest BCUT2D eigenvalue weighted by Gasteiger charge is 2.37. The molecule has 1 aromatic heterocycles. The van der Waals surface area contributed by atoms with Crippen molar-refractivity contribution in [2.24, 2.45) is 0 Å². The summed E-state index contributed by atoms with van der Waals surface area (Å²) in [6, 6.07) is 10.0. The standard InChI is InChI=1S/C21H19NO6/c1-13-18(21(25)27-3)17(19(23)22(13)12-16-5-4-10-28-16)11-14-6-8-15(9-7-14)20(24)26-2/h4-11H,12H2,1-3H3/b17-11-. The Balaban J connectivity index is 1.98. The molecule has 0 N–H and O–H groups in total. The molecule has 28 heavy (non-hydrogen) atoms. The zero-order valence-corrected chi connectivity index (χ0v) is 15.7. The molecular weight excluding hydrogens is 362 g/mol. The third-order valence-corrected chi connectivity index (χ3v) is 4.44. The van der Waals surface area contributed by atoms with Crippen LogP contribution in [0, 0.1) is 0 Å². The van der Waals surface area contributed by atoms with Crippen LogP contribution in [0.3, 0.4) is 0 Å². The Hall–Kier alpha value is -3.61. The fraction of sp³-hybridized carbons (Fsp3) is 0.190. The van der Waals surface area contributed by atoms with Crippen LogP contribution in [0.1, 0.15) is 28.6 Å². The van der Waals surface area contributed by atoms with Crippen LogP contribution in [0.15, 0.2) is 63.9 Å². The molecule has 0 radical (unpaired) electrons. The Bertz CT molecular complexity index is 967. The highest BCUT2D eigenvalue weighted by molar-refractivity contribution is 6.16. The number of furan rings is 1. The minimum Gasteiger partial charge on any atom is -0.467 e. The molecular formula is C21H19NO6. The minimum absolute atomic E-state index is 0.205. The number of allylic oxidation sites excluding steroid dienone is 1. The number of nitrogens with zero attached hydrogens (tertiary/aromatic N) is 1. The molecule has 2 aromatic rings. The van der Waals surface area contributed by atoms with Gasteiger partial charge in [-0.3, -0.25) is 4.79 Å². The van der Waals surface area contributed by atoms with Crippen LogP contribution in [-0.4, -0.2) is 37.0 Å². The summed E-state index contributed by atoms with van der Waals surface area (Å²) in [4.78, 5) is 38.3. The van der Waals surface area contributed by atoms with Gasteiger partial charge in [-0.05, 0) is 42.8 Å². The second-order valence-corrected chi connectivity index (χ2v) is 6.09. The highest BCUT2D eigenvalue weighted by atomic mass is 16.5. The maximum atomic E-state index is 13.0. The molecule has 0 aliphatic carbocycles. The van der Waals surface area contributed by atoms with E-state index in [0.29, 0.717) is 22.6 Å². The van der Waals surface area contributed by atoms with Gasteiger partial charge in [0.15, 0.2) is 0 Å². The molecule has 1 aliphatic rings. The lowest BCUT2D eigenvalue weighted by Gasteiger charge is -2.16. The van der Waals surface area contributed by atoms with E-state index in [1.807, 2.05) is 0 Å². The van der Waals surface area contributed by atoms with Crippen molar-refractivity contribution in [3.05, 3.63) is 76.4 Å². The molecule has 1 aliphatic heterocycles. The number of carbonyl (C=O) groups is 3. The topological polar surface area (TPSA) is 86.0 Å². The third-order valence-electron chi connectivity index (χ3n) is 4.44. The molecule has 7 heteroatoms. The van der Waals surface area contributed by atoms with Crippen molar-refractivity contribution in [2.75, 3.05) is 14.2 Å². The number of ether oxygens (including phenoxy) is 2. The SMILES string of the molecule is COC(=O)C1=C(C)N(Cc2ccco2)C(=O)/C1=C\c1ccc(C(=O)OC)cc1. The van der Waals surface area contributed by atoms with Crippen LogP contribution in [-0.2, 0) is 25.6 Å². The highest BCUT2D eigenvalue weighted by Crippen LogP contribution is 2.32. The van der Waals surface area contributed by atoms with Crippen molar-refractivity contribution in [3.8, 4) is 0 Å². The lowest BCUT2D eigenvalue weighted by molar-refractivity contribution is -0.136. The monoisotopic (exact) mass is 381 g/mol. The number of rotatable bonds is 5. The zero-order chi connectivity index (χ0) is 20.3. The molecule has 0 saturated carbocycles. The van der Waals surface area contributed by atoms with E-state index in [-0.39, 0.29) is 23.6 Å². The Labute approximate surface area is 161 Å². The summed E-state index contributed by atoms with van der Waals surface area (Å²) >= 11 is 0. The lowest BCUT2D eigenvalue weighted by atomic mass is 10.0. The zero-order valence-electron chi connectivity index (χ0n) is 15.7. The Morgan fingerprint density at radius 1 is 1.07 bits per heavy atom. The number of hydrogen-bond acceptors (Lipinski definition) is 6. The molecule has 7 nitrogen and oxygen atoms in total. The summed E-state index contributed by atoms with van der Waals surface area (Å²) in [5.41, 5.74) is 1.97. The number of amides is 1. The van der Waals surface area contributed by atoms with Crippen molar-refractivity contribution >= 4 is 23.9 Å². The summed E-state index contributed by atoms with van der Waals surface area (Å²) in [6.45, 7) is 1.89. The van der Waals surface area contributed by atoms with Crippen LogP contribution >= 0.6 is 0 Å². The van der Waals surface area contributed by atoms with E-state index in [9.17, 15) is 14.4 Å². The van der Waals surface area contributed by atoms with Gasteiger partial charge in [-0.25, -0.2) is 9.59 Å². The summed E-state index contributed by atoms with van der Waals surface area (Å²) in [7, 11) is 2.57. The van der Waals surface area contributed by atoms with E-state index in [2.05, 4.69) is 4.74 Å². The van der Waals surface area contributed by atoms with E-state index in [1.54, 1.807) is 49.4 Å². The van der Waals surface area contributed by atoms with Crippen LogP contribution < -0.4 is 0 Å². The molecule has 0 saturated heterocycles. The quantitative estimate of drug-likeness (QED) is 0.585. The van der Waals surface area contributed by atoms with Gasteiger partial charge >= 0.3 is 11.9 Å². The largest absolute Gasteiger partial charge is 0.467 e.